The van der Waals surface area contributed by atoms with Crippen molar-refractivity contribution in [3.8, 4) is 6.07 Å². The topological polar surface area (TPSA) is 66.2 Å². The molecule has 0 bridgehead atoms. The largest absolute Gasteiger partial charge is 0.444 e. The molecule has 1 aromatic heterocycles. The minimum Gasteiger partial charge on any atom is -0.444 e. The van der Waals surface area contributed by atoms with E-state index in [2.05, 4.69) is 4.98 Å². The van der Waals surface area contributed by atoms with Crippen LogP contribution >= 0.6 is 0 Å². The molecule has 1 fully saturated rings. The molecule has 2 rings (SSSR count). The van der Waals surface area contributed by atoms with Gasteiger partial charge < -0.3 is 9.64 Å². The lowest BCUT2D eigenvalue weighted by Gasteiger charge is -2.39. The fraction of sp³-hybridized carbons (Fsp3) is 0.562. The van der Waals surface area contributed by atoms with Crippen LogP contribution in [0.3, 0.4) is 0 Å². The number of halogens is 2. The Morgan fingerprint density at radius 3 is 2.83 bits per heavy atom. The van der Waals surface area contributed by atoms with Gasteiger partial charge in [-0.25, -0.2) is 18.6 Å². The minimum atomic E-state index is -2.95. The van der Waals surface area contributed by atoms with Crippen molar-refractivity contribution in [2.45, 2.75) is 44.6 Å². The molecule has 0 saturated carbocycles. The second-order valence-electron chi connectivity index (χ2n) is 6.58. The van der Waals surface area contributed by atoms with E-state index >= 15 is 0 Å². The lowest BCUT2D eigenvalue weighted by atomic mass is 9.87. The minimum absolute atomic E-state index is 0.0609. The van der Waals surface area contributed by atoms with E-state index in [1.165, 1.54) is 23.2 Å². The van der Waals surface area contributed by atoms with Crippen LogP contribution in [0.25, 0.3) is 0 Å². The summed E-state index contributed by atoms with van der Waals surface area (Å²) in [7, 11) is 0. The zero-order valence-electron chi connectivity index (χ0n) is 13.3. The number of hydrogen-bond donors (Lipinski definition) is 0. The predicted molar refractivity (Wildman–Crippen MR) is 79.1 cm³/mol. The Morgan fingerprint density at radius 2 is 2.22 bits per heavy atom. The van der Waals surface area contributed by atoms with E-state index in [0.29, 0.717) is 5.56 Å². The van der Waals surface area contributed by atoms with Crippen LogP contribution in [0.4, 0.5) is 13.6 Å². The molecule has 1 atom stereocenters. The number of likely N-dealkylation sites (tertiary alicyclic amines) is 1. The van der Waals surface area contributed by atoms with Gasteiger partial charge in [0.2, 0.25) is 0 Å². The van der Waals surface area contributed by atoms with Crippen molar-refractivity contribution >= 4 is 6.09 Å². The molecule has 0 radical (unpaired) electrons. The lowest BCUT2D eigenvalue weighted by molar-refractivity contribution is -0.0771. The summed E-state index contributed by atoms with van der Waals surface area (Å²) >= 11 is 0. The van der Waals surface area contributed by atoms with E-state index in [9.17, 15) is 13.6 Å². The number of nitrogens with zero attached hydrogens (tertiary/aromatic N) is 3. The highest BCUT2D eigenvalue weighted by atomic mass is 19.3. The molecule has 2 heterocycles. The smallest absolute Gasteiger partial charge is 0.410 e. The molecule has 124 valence electrons. The molecule has 1 aliphatic rings. The van der Waals surface area contributed by atoms with Gasteiger partial charge in [0.25, 0.3) is 5.92 Å². The zero-order chi connectivity index (χ0) is 17.3. The number of hydrogen-bond acceptors (Lipinski definition) is 4. The van der Waals surface area contributed by atoms with Gasteiger partial charge in [-0.05, 0) is 38.5 Å². The number of aromatic nitrogens is 1. The molecule has 1 saturated heterocycles. The third-order valence-corrected chi connectivity index (χ3v) is 3.58. The van der Waals surface area contributed by atoms with Crippen molar-refractivity contribution < 1.29 is 18.3 Å². The molecule has 1 aromatic rings. The maximum absolute atomic E-state index is 14.3. The Balaban J connectivity index is 2.23. The van der Waals surface area contributed by atoms with Gasteiger partial charge in [0.05, 0.1) is 5.92 Å². The van der Waals surface area contributed by atoms with Crippen molar-refractivity contribution in [2.24, 2.45) is 0 Å². The summed E-state index contributed by atoms with van der Waals surface area (Å²) in [6, 6.07) is 4.64. The van der Waals surface area contributed by atoms with Gasteiger partial charge >= 0.3 is 6.09 Å². The van der Waals surface area contributed by atoms with E-state index in [1.807, 2.05) is 6.07 Å². The lowest BCUT2D eigenvalue weighted by Crippen LogP contribution is -2.49. The summed E-state index contributed by atoms with van der Waals surface area (Å²) in [5.74, 6) is -4.13. The maximum atomic E-state index is 14.3. The predicted octanol–water partition coefficient (Wildman–Crippen LogP) is 3.31. The zero-order valence-corrected chi connectivity index (χ0v) is 13.3. The Bertz CT molecular complexity index is 635. The van der Waals surface area contributed by atoms with Gasteiger partial charge in [-0.3, -0.25) is 0 Å². The number of carbonyl (C=O) groups is 1. The number of amides is 1. The fourth-order valence-electron chi connectivity index (χ4n) is 2.47. The second-order valence-corrected chi connectivity index (χ2v) is 6.58. The van der Waals surface area contributed by atoms with E-state index in [0.717, 1.165) is 0 Å². The number of ether oxygens (including phenoxy) is 1. The third kappa shape index (κ3) is 4.15. The number of pyridine rings is 1. The fourth-order valence-corrected chi connectivity index (χ4v) is 2.47. The normalized spacial score (nSPS) is 20.7. The molecule has 0 N–H and O–H groups in total. The van der Waals surface area contributed by atoms with Crippen molar-refractivity contribution in [3.63, 3.8) is 0 Å². The van der Waals surface area contributed by atoms with Crippen molar-refractivity contribution in [1.29, 1.82) is 5.26 Å². The second kappa shape index (κ2) is 6.11. The SMILES string of the molecule is CC(C)(C)OC(=O)N1CCC(F)(F)C(c2ccnc(C#N)c2)C1. The molecule has 1 unspecified atom stereocenters. The van der Waals surface area contributed by atoms with Crippen LogP contribution < -0.4 is 0 Å². The first-order valence-electron chi connectivity index (χ1n) is 7.34. The number of nitriles is 1. The van der Waals surface area contributed by atoms with Crippen LogP contribution in [-0.4, -0.2) is 40.6 Å². The van der Waals surface area contributed by atoms with Crippen LogP contribution in [0.15, 0.2) is 18.3 Å². The van der Waals surface area contributed by atoms with E-state index in [-0.39, 0.29) is 18.8 Å². The molecule has 1 aliphatic heterocycles. The maximum Gasteiger partial charge on any atom is 0.410 e. The average Bonchev–Trinajstić information content (AvgIpc) is 2.45. The van der Waals surface area contributed by atoms with E-state index in [4.69, 9.17) is 10.00 Å². The van der Waals surface area contributed by atoms with Gasteiger partial charge in [0, 0.05) is 25.7 Å². The van der Waals surface area contributed by atoms with E-state index in [1.54, 1.807) is 20.8 Å². The highest BCUT2D eigenvalue weighted by Gasteiger charge is 2.46. The highest BCUT2D eigenvalue weighted by molar-refractivity contribution is 5.68. The summed E-state index contributed by atoms with van der Waals surface area (Å²) in [5, 5.41) is 8.87. The van der Waals surface area contributed by atoms with Crippen LogP contribution in [-0.2, 0) is 4.74 Å². The third-order valence-electron chi connectivity index (χ3n) is 3.58. The number of rotatable bonds is 1. The molecule has 1 amide bonds. The number of carbonyl (C=O) groups excluding carboxylic acids is 1. The van der Waals surface area contributed by atoms with Gasteiger partial charge in [0.15, 0.2) is 0 Å². The number of piperidine rings is 1. The molecule has 0 aromatic carbocycles. The monoisotopic (exact) mass is 323 g/mol. The Labute approximate surface area is 133 Å². The van der Waals surface area contributed by atoms with Gasteiger partial charge in [-0.1, -0.05) is 0 Å². The summed E-state index contributed by atoms with van der Waals surface area (Å²) in [6.07, 6.45) is 0.282. The highest BCUT2D eigenvalue weighted by Crippen LogP contribution is 2.40. The average molecular weight is 323 g/mol. The van der Waals surface area contributed by atoms with Gasteiger partial charge in [-0.15, -0.1) is 0 Å². The summed E-state index contributed by atoms with van der Waals surface area (Å²) in [5.41, 5.74) is -0.306. The van der Waals surface area contributed by atoms with Crippen LogP contribution in [0, 0.1) is 11.3 Å². The quantitative estimate of drug-likeness (QED) is 0.795. The molecule has 5 nitrogen and oxygen atoms in total. The van der Waals surface area contributed by atoms with Crippen LogP contribution in [0.5, 0.6) is 0 Å². The molecular weight excluding hydrogens is 304 g/mol. The molecular formula is C16H19F2N3O2. The summed E-state index contributed by atoms with van der Waals surface area (Å²) in [4.78, 5) is 17.2. The summed E-state index contributed by atoms with van der Waals surface area (Å²) in [6.45, 7) is 4.96. The number of alkyl halides is 2. The molecule has 23 heavy (non-hydrogen) atoms. The first-order chi connectivity index (χ1) is 10.6. The molecule has 7 heteroatoms. The standard InChI is InChI=1S/C16H19F2N3O2/c1-15(2,3)23-14(22)21-7-5-16(17,18)13(10-21)11-4-6-20-12(8-11)9-19/h4,6,8,13H,5,7,10H2,1-3H3. The van der Waals surface area contributed by atoms with Crippen molar-refractivity contribution in [2.75, 3.05) is 13.1 Å². The van der Waals surface area contributed by atoms with Gasteiger partial charge in [0.1, 0.15) is 17.4 Å². The van der Waals surface area contributed by atoms with Crippen molar-refractivity contribution in [3.05, 3.63) is 29.6 Å². The summed E-state index contributed by atoms with van der Waals surface area (Å²) < 4.78 is 33.8. The Hall–Kier alpha value is -2.23. The van der Waals surface area contributed by atoms with Crippen LogP contribution in [0.1, 0.15) is 44.4 Å². The Kier molecular flexibility index (Phi) is 4.55. The van der Waals surface area contributed by atoms with Crippen LogP contribution in [0.2, 0.25) is 0 Å². The first-order valence-corrected chi connectivity index (χ1v) is 7.34. The van der Waals surface area contributed by atoms with E-state index < -0.39 is 30.0 Å². The van der Waals surface area contributed by atoms with Crippen molar-refractivity contribution in [1.82, 2.24) is 9.88 Å². The Morgan fingerprint density at radius 1 is 1.52 bits per heavy atom. The molecule has 0 spiro atoms. The first kappa shape index (κ1) is 17.1. The molecule has 0 aliphatic carbocycles. The van der Waals surface area contributed by atoms with Gasteiger partial charge in [-0.2, -0.15) is 5.26 Å².